The molecule has 2 aromatic rings. The van der Waals surface area contributed by atoms with Gasteiger partial charge in [0, 0.05) is 15.8 Å². The van der Waals surface area contributed by atoms with E-state index in [0.717, 1.165) is 5.92 Å². The molecule has 2 heterocycles. The molecule has 0 aliphatic heterocycles. The molecule has 1 aliphatic carbocycles. The quantitative estimate of drug-likeness (QED) is 0.773. The minimum Gasteiger partial charge on any atom is -0.302 e. The largest absolute Gasteiger partial charge is 0.302 e. The molecule has 0 bridgehead atoms. The van der Waals surface area contributed by atoms with Crippen LogP contribution < -0.4 is 5.32 Å². The molecule has 1 N–H and O–H groups in total. The van der Waals surface area contributed by atoms with E-state index < -0.39 is 0 Å². The fourth-order valence-electron chi connectivity index (χ4n) is 3.25. The van der Waals surface area contributed by atoms with Crippen molar-refractivity contribution in [2.45, 2.75) is 51.1 Å². The lowest BCUT2D eigenvalue weighted by atomic mass is 9.84. The van der Waals surface area contributed by atoms with Crippen LogP contribution in [0, 0.1) is 5.92 Å². The highest BCUT2D eigenvalue weighted by Crippen LogP contribution is 2.32. The third-order valence-electron chi connectivity index (χ3n) is 4.44. The number of thiophene rings is 2. The van der Waals surface area contributed by atoms with Gasteiger partial charge in [-0.15, -0.1) is 22.7 Å². The summed E-state index contributed by atoms with van der Waals surface area (Å²) >= 11 is 3.72. The van der Waals surface area contributed by atoms with E-state index in [1.165, 1.54) is 41.9 Å². The molecule has 1 aliphatic rings. The zero-order valence-corrected chi connectivity index (χ0v) is 13.7. The second kappa shape index (κ2) is 6.88. The number of nitrogens with one attached hydrogen (secondary N) is 1. The van der Waals surface area contributed by atoms with Gasteiger partial charge in [0.05, 0.1) is 6.04 Å². The SMILES string of the molecule is C[C@H](NC(c1cccs1)c1cccs1)C1CCCCC1. The summed E-state index contributed by atoms with van der Waals surface area (Å²) in [5, 5.41) is 8.28. The minimum absolute atomic E-state index is 0.381. The molecule has 0 amide bonds. The summed E-state index contributed by atoms with van der Waals surface area (Å²) in [6.07, 6.45) is 7.06. The van der Waals surface area contributed by atoms with Gasteiger partial charge in [0.15, 0.2) is 0 Å². The first-order chi connectivity index (χ1) is 9.84. The first kappa shape index (κ1) is 14.3. The molecule has 20 heavy (non-hydrogen) atoms. The first-order valence-electron chi connectivity index (χ1n) is 7.67. The normalized spacial score (nSPS) is 18.5. The summed E-state index contributed by atoms with van der Waals surface area (Å²) in [5.74, 6) is 0.853. The van der Waals surface area contributed by atoms with Gasteiger partial charge in [0.1, 0.15) is 0 Å². The minimum atomic E-state index is 0.381. The monoisotopic (exact) mass is 305 g/mol. The lowest BCUT2D eigenvalue weighted by molar-refractivity contribution is 0.273. The van der Waals surface area contributed by atoms with E-state index in [1.807, 2.05) is 22.7 Å². The molecule has 0 unspecified atom stereocenters. The van der Waals surface area contributed by atoms with Crippen LogP contribution in [0.2, 0.25) is 0 Å². The van der Waals surface area contributed by atoms with Gasteiger partial charge in [-0.1, -0.05) is 31.4 Å². The highest BCUT2D eigenvalue weighted by Gasteiger charge is 2.24. The van der Waals surface area contributed by atoms with Crippen molar-refractivity contribution in [2.75, 3.05) is 0 Å². The van der Waals surface area contributed by atoms with E-state index in [2.05, 4.69) is 47.3 Å². The van der Waals surface area contributed by atoms with Gasteiger partial charge in [0.25, 0.3) is 0 Å². The predicted molar refractivity (Wildman–Crippen MR) is 89.7 cm³/mol. The molecule has 0 radical (unpaired) electrons. The third-order valence-corrected chi connectivity index (χ3v) is 6.32. The van der Waals surface area contributed by atoms with Crippen LogP contribution in [0.1, 0.15) is 54.8 Å². The summed E-state index contributed by atoms with van der Waals surface area (Å²) in [7, 11) is 0. The third kappa shape index (κ3) is 3.33. The van der Waals surface area contributed by atoms with Crippen molar-refractivity contribution in [1.82, 2.24) is 5.32 Å². The Balaban J connectivity index is 1.73. The Labute approximate surface area is 130 Å². The Hall–Kier alpha value is -0.640. The Bertz CT molecular complexity index is 449. The van der Waals surface area contributed by atoms with Crippen LogP contribution in [0.3, 0.4) is 0 Å². The van der Waals surface area contributed by atoms with Gasteiger partial charge < -0.3 is 5.32 Å². The lowest BCUT2D eigenvalue weighted by Crippen LogP contribution is -2.37. The number of hydrogen-bond donors (Lipinski definition) is 1. The molecule has 3 heteroatoms. The van der Waals surface area contributed by atoms with E-state index in [0.29, 0.717) is 12.1 Å². The van der Waals surface area contributed by atoms with Crippen molar-refractivity contribution >= 4 is 22.7 Å². The second-order valence-corrected chi connectivity index (χ2v) is 7.78. The molecule has 2 aromatic heterocycles. The summed E-state index contributed by atoms with van der Waals surface area (Å²) in [6.45, 7) is 2.38. The average Bonchev–Trinajstić information content (AvgIpc) is 3.19. The van der Waals surface area contributed by atoms with Crippen LogP contribution in [0.4, 0.5) is 0 Å². The Kier molecular flexibility index (Phi) is 4.92. The molecule has 3 rings (SSSR count). The number of hydrogen-bond acceptors (Lipinski definition) is 3. The highest BCUT2D eigenvalue weighted by molar-refractivity contribution is 7.11. The maximum absolute atomic E-state index is 3.91. The summed E-state index contributed by atoms with van der Waals surface area (Å²) in [5.41, 5.74) is 0. The van der Waals surface area contributed by atoms with Crippen LogP contribution in [-0.4, -0.2) is 6.04 Å². The van der Waals surface area contributed by atoms with Crippen molar-refractivity contribution < 1.29 is 0 Å². The fraction of sp³-hybridized carbons (Fsp3) is 0.529. The van der Waals surface area contributed by atoms with Gasteiger partial charge in [-0.3, -0.25) is 0 Å². The molecule has 0 saturated heterocycles. The Morgan fingerprint density at radius 3 is 2.10 bits per heavy atom. The van der Waals surface area contributed by atoms with E-state index in [-0.39, 0.29) is 0 Å². The van der Waals surface area contributed by atoms with Crippen LogP contribution in [0.25, 0.3) is 0 Å². The van der Waals surface area contributed by atoms with Crippen LogP contribution >= 0.6 is 22.7 Å². The Morgan fingerprint density at radius 1 is 1.00 bits per heavy atom. The average molecular weight is 306 g/mol. The molecule has 1 saturated carbocycles. The molecule has 1 atom stereocenters. The first-order valence-corrected chi connectivity index (χ1v) is 9.43. The van der Waals surface area contributed by atoms with Gasteiger partial charge in [-0.2, -0.15) is 0 Å². The lowest BCUT2D eigenvalue weighted by Gasteiger charge is -2.31. The van der Waals surface area contributed by atoms with Gasteiger partial charge in [-0.05, 0) is 48.6 Å². The molecule has 108 valence electrons. The predicted octanol–water partition coefficient (Wildman–Crippen LogP) is 5.46. The maximum Gasteiger partial charge on any atom is 0.0766 e. The van der Waals surface area contributed by atoms with Crippen molar-refractivity contribution in [3.05, 3.63) is 44.8 Å². The fourth-order valence-corrected chi connectivity index (χ4v) is 4.93. The number of rotatable bonds is 5. The zero-order valence-electron chi connectivity index (χ0n) is 12.0. The molecule has 1 fully saturated rings. The van der Waals surface area contributed by atoms with E-state index in [9.17, 15) is 0 Å². The maximum atomic E-state index is 3.91. The van der Waals surface area contributed by atoms with Crippen LogP contribution in [0.5, 0.6) is 0 Å². The van der Waals surface area contributed by atoms with E-state index >= 15 is 0 Å². The second-order valence-electron chi connectivity index (χ2n) is 5.82. The summed E-state index contributed by atoms with van der Waals surface area (Å²) in [6, 6.07) is 9.82. The standard InChI is InChI=1S/C17H23NS2/c1-13(14-7-3-2-4-8-14)18-17(15-9-5-11-19-15)16-10-6-12-20-16/h5-6,9-14,17-18H,2-4,7-8H2,1H3/t13-/m0/s1. The van der Waals surface area contributed by atoms with Crippen LogP contribution in [0.15, 0.2) is 35.0 Å². The van der Waals surface area contributed by atoms with Crippen molar-refractivity contribution in [3.63, 3.8) is 0 Å². The van der Waals surface area contributed by atoms with Gasteiger partial charge >= 0.3 is 0 Å². The van der Waals surface area contributed by atoms with Crippen molar-refractivity contribution in [2.24, 2.45) is 5.92 Å². The molecular weight excluding hydrogens is 282 g/mol. The smallest absolute Gasteiger partial charge is 0.0766 e. The molecule has 1 nitrogen and oxygen atoms in total. The van der Waals surface area contributed by atoms with E-state index in [4.69, 9.17) is 0 Å². The van der Waals surface area contributed by atoms with Crippen molar-refractivity contribution in [1.29, 1.82) is 0 Å². The van der Waals surface area contributed by atoms with E-state index in [1.54, 1.807) is 0 Å². The zero-order chi connectivity index (χ0) is 13.8. The van der Waals surface area contributed by atoms with Gasteiger partial charge in [0.2, 0.25) is 0 Å². The molecular formula is C17H23NS2. The topological polar surface area (TPSA) is 12.0 Å². The van der Waals surface area contributed by atoms with Gasteiger partial charge in [-0.25, -0.2) is 0 Å². The summed E-state index contributed by atoms with van der Waals surface area (Å²) in [4.78, 5) is 2.88. The van der Waals surface area contributed by atoms with Crippen LogP contribution in [-0.2, 0) is 0 Å². The highest BCUT2D eigenvalue weighted by atomic mass is 32.1. The van der Waals surface area contributed by atoms with Crippen molar-refractivity contribution in [3.8, 4) is 0 Å². The molecule has 0 aromatic carbocycles. The summed E-state index contributed by atoms with van der Waals surface area (Å²) < 4.78 is 0. The molecule has 0 spiro atoms. The Morgan fingerprint density at radius 2 is 1.60 bits per heavy atom.